The maximum atomic E-state index is 13.5. The summed E-state index contributed by atoms with van der Waals surface area (Å²) in [5, 5.41) is 28.1. The van der Waals surface area contributed by atoms with E-state index in [0.29, 0.717) is 6.42 Å². The topological polar surface area (TPSA) is 80.4 Å². The first-order valence-electron chi connectivity index (χ1n) is 9.19. The number of hydrogen-bond acceptors (Lipinski definition) is 6. The molecule has 0 radical (unpaired) electrons. The van der Waals surface area contributed by atoms with Crippen molar-refractivity contribution in [2.24, 2.45) is 0 Å². The summed E-state index contributed by atoms with van der Waals surface area (Å²) in [6.45, 7) is -0.389. The van der Waals surface area contributed by atoms with E-state index in [4.69, 9.17) is 4.74 Å². The van der Waals surface area contributed by atoms with Crippen LogP contribution < -0.4 is 0 Å². The molecule has 158 valence electrons. The van der Waals surface area contributed by atoms with Gasteiger partial charge in [-0.15, -0.1) is 5.10 Å². The number of rotatable bonds is 5. The van der Waals surface area contributed by atoms with Gasteiger partial charge in [-0.1, -0.05) is 35.2 Å². The number of thioether (sulfide) groups is 1. The molecular formula is C20H18F3N3O3S. The number of benzene rings is 2. The minimum absolute atomic E-state index is 0.0214. The fourth-order valence-electron chi connectivity index (χ4n) is 3.33. The third kappa shape index (κ3) is 4.22. The Balaban J connectivity index is 1.58. The van der Waals surface area contributed by atoms with Crippen molar-refractivity contribution < 1.29 is 28.1 Å². The number of aliphatic hydroxyl groups excluding tert-OH is 2. The molecule has 0 bridgehead atoms. The minimum atomic E-state index is -1.56. The summed E-state index contributed by atoms with van der Waals surface area (Å²) < 4.78 is 47.5. The molecule has 4 rings (SSSR count). The van der Waals surface area contributed by atoms with E-state index in [2.05, 4.69) is 10.3 Å². The van der Waals surface area contributed by atoms with Crippen LogP contribution >= 0.6 is 11.8 Å². The van der Waals surface area contributed by atoms with Crippen molar-refractivity contribution in [1.82, 2.24) is 15.0 Å². The van der Waals surface area contributed by atoms with Gasteiger partial charge in [-0.2, -0.15) is 0 Å². The lowest BCUT2D eigenvalue weighted by Gasteiger charge is -2.38. The molecule has 1 aromatic heterocycles. The van der Waals surface area contributed by atoms with E-state index in [0.717, 1.165) is 17.0 Å². The lowest BCUT2D eigenvalue weighted by molar-refractivity contribution is -0.130. The largest absolute Gasteiger partial charge is 0.394 e. The fraction of sp³-hybridized carbons (Fsp3) is 0.300. The molecule has 1 aliphatic rings. The summed E-state index contributed by atoms with van der Waals surface area (Å²) in [7, 11) is 0. The second-order valence-electron chi connectivity index (χ2n) is 6.85. The van der Waals surface area contributed by atoms with E-state index >= 15 is 0 Å². The van der Waals surface area contributed by atoms with Crippen molar-refractivity contribution in [3.8, 4) is 11.3 Å². The number of ether oxygens (including phenoxy) is 1. The Hall–Kier alpha value is -2.40. The highest BCUT2D eigenvalue weighted by atomic mass is 32.2. The van der Waals surface area contributed by atoms with Crippen molar-refractivity contribution in [3.05, 3.63) is 66.1 Å². The van der Waals surface area contributed by atoms with Crippen LogP contribution in [0.4, 0.5) is 13.2 Å². The van der Waals surface area contributed by atoms with Crippen molar-refractivity contribution in [1.29, 1.82) is 0 Å². The number of halogens is 3. The van der Waals surface area contributed by atoms with E-state index in [1.54, 1.807) is 0 Å². The predicted octanol–water partition coefficient (Wildman–Crippen LogP) is 3.16. The fourth-order valence-corrected chi connectivity index (χ4v) is 4.44. The van der Waals surface area contributed by atoms with Crippen molar-refractivity contribution in [3.63, 3.8) is 0 Å². The molecule has 3 aromatic rings. The first-order chi connectivity index (χ1) is 14.5. The summed E-state index contributed by atoms with van der Waals surface area (Å²) in [5.74, 6) is -4.21. The van der Waals surface area contributed by atoms with Crippen molar-refractivity contribution in [2.75, 3.05) is 6.61 Å². The number of aliphatic hydroxyl groups is 2. The van der Waals surface area contributed by atoms with Gasteiger partial charge in [-0.25, -0.2) is 17.9 Å². The zero-order valence-corrected chi connectivity index (χ0v) is 16.3. The lowest BCUT2D eigenvalue weighted by atomic mass is 10.00. The number of hydrogen-bond donors (Lipinski definition) is 2. The molecule has 1 fully saturated rings. The molecule has 0 amide bonds. The molecule has 2 heterocycles. The monoisotopic (exact) mass is 437 g/mol. The Morgan fingerprint density at radius 3 is 2.50 bits per heavy atom. The summed E-state index contributed by atoms with van der Waals surface area (Å²) in [6.07, 6.45) is -0.131. The summed E-state index contributed by atoms with van der Waals surface area (Å²) in [4.78, 5) is 0.964. The van der Waals surface area contributed by atoms with Crippen LogP contribution in [0.2, 0.25) is 0 Å². The van der Waals surface area contributed by atoms with E-state index in [1.807, 2.05) is 30.3 Å². The first-order valence-corrected chi connectivity index (χ1v) is 10.1. The maximum Gasteiger partial charge on any atom is 0.194 e. The van der Waals surface area contributed by atoms with Gasteiger partial charge in [0, 0.05) is 16.9 Å². The van der Waals surface area contributed by atoms with Gasteiger partial charge in [0.25, 0.3) is 0 Å². The maximum absolute atomic E-state index is 13.5. The van der Waals surface area contributed by atoms with Crippen molar-refractivity contribution in [2.45, 2.75) is 35.0 Å². The molecule has 0 aliphatic carbocycles. The van der Waals surface area contributed by atoms with Gasteiger partial charge in [-0.3, -0.25) is 0 Å². The molecule has 2 aromatic carbocycles. The third-order valence-electron chi connectivity index (χ3n) is 4.86. The zero-order chi connectivity index (χ0) is 21.3. The van der Waals surface area contributed by atoms with Crippen LogP contribution in [-0.4, -0.2) is 49.5 Å². The van der Waals surface area contributed by atoms with Crippen LogP contribution in [0.15, 0.2) is 53.6 Å². The van der Waals surface area contributed by atoms with Crippen LogP contribution in [0.1, 0.15) is 12.5 Å². The molecule has 2 N–H and O–H groups in total. The first kappa shape index (κ1) is 20.9. The Morgan fingerprint density at radius 2 is 1.83 bits per heavy atom. The molecule has 4 atom stereocenters. The second-order valence-corrected chi connectivity index (χ2v) is 8.08. The van der Waals surface area contributed by atoms with Gasteiger partial charge in [0.2, 0.25) is 0 Å². The van der Waals surface area contributed by atoms with Crippen LogP contribution in [0.3, 0.4) is 0 Å². The highest BCUT2D eigenvalue weighted by molar-refractivity contribution is 7.99. The molecule has 6 nitrogen and oxygen atoms in total. The van der Waals surface area contributed by atoms with E-state index in [-0.39, 0.29) is 23.3 Å². The summed E-state index contributed by atoms with van der Waals surface area (Å²) >= 11 is 1.45. The molecule has 0 saturated carbocycles. The molecule has 30 heavy (non-hydrogen) atoms. The van der Waals surface area contributed by atoms with Gasteiger partial charge in [0.1, 0.15) is 23.3 Å². The molecular weight excluding hydrogens is 419 g/mol. The lowest BCUT2D eigenvalue weighted by Crippen LogP contribution is -2.47. The SMILES string of the molecule is OC[C@H]1OC(Sc2ccccc2)C[C@@H](n2cc(-c3cc(F)c(F)c(F)c3)nn2)[C@@H]1O. The van der Waals surface area contributed by atoms with Crippen LogP contribution in [0.5, 0.6) is 0 Å². The van der Waals surface area contributed by atoms with Gasteiger partial charge < -0.3 is 14.9 Å². The van der Waals surface area contributed by atoms with Crippen LogP contribution in [0, 0.1) is 17.5 Å². The molecule has 0 spiro atoms. The van der Waals surface area contributed by atoms with E-state index in [9.17, 15) is 23.4 Å². The molecule has 1 aliphatic heterocycles. The second kappa shape index (κ2) is 8.76. The third-order valence-corrected chi connectivity index (χ3v) is 5.97. The molecule has 10 heteroatoms. The Kier molecular flexibility index (Phi) is 6.09. The normalized spacial score (nSPS) is 24.2. The summed E-state index contributed by atoms with van der Waals surface area (Å²) in [5.41, 5.74) is -0.223. The van der Waals surface area contributed by atoms with Gasteiger partial charge in [-0.05, 0) is 24.3 Å². The Labute approximate surface area is 174 Å². The quantitative estimate of drug-likeness (QED) is 0.597. The predicted molar refractivity (Wildman–Crippen MR) is 103 cm³/mol. The van der Waals surface area contributed by atoms with E-state index < -0.39 is 35.7 Å². The Morgan fingerprint density at radius 1 is 1.13 bits per heavy atom. The van der Waals surface area contributed by atoms with Crippen LogP contribution in [0.25, 0.3) is 11.3 Å². The van der Waals surface area contributed by atoms with Gasteiger partial charge in [0.05, 0.1) is 18.8 Å². The Bertz CT molecular complexity index is 998. The molecule has 1 saturated heterocycles. The van der Waals surface area contributed by atoms with Crippen molar-refractivity contribution >= 4 is 11.8 Å². The van der Waals surface area contributed by atoms with E-state index in [1.165, 1.54) is 22.6 Å². The highest BCUT2D eigenvalue weighted by Crippen LogP contribution is 2.37. The summed E-state index contributed by atoms with van der Waals surface area (Å²) in [6, 6.07) is 10.6. The minimum Gasteiger partial charge on any atom is -0.394 e. The standard InChI is InChI=1S/C20H18F3N3O3S/c21-13-6-11(7-14(22)19(13)23)15-9-26(25-24-15)16-8-18(29-17(10-27)20(16)28)30-12-4-2-1-3-5-12/h1-7,9,16-18,20,27-28H,8,10H2/t16-,17-,18?,20+/m1/s1. The highest BCUT2D eigenvalue weighted by Gasteiger charge is 2.39. The smallest absolute Gasteiger partial charge is 0.194 e. The number of aromatic nitrogens is 3. The molecule has 1 unspecified atom stereocenters. The average Bonchev–Trinajstić information content (AvgIpc) is 3.23. The number of nitrogens with zero attached hydrogens (tertiary/aromatic N) is 3. The van der Waals surface area contributed by atoms with Crippen LogP contribution in [-0.2, 0) is 4.74 Å². The van der Waals surface area contributed by atoms with Gasteiger partial charge >= 0.3 is 0 Å². The van der Waals surface area contributed by atoms with Gasteiger partial charge in [0.15, 0.2) is 17.5 Å². The average molecular weight is 437 g/mol. The zero-order valence-electron chi connectivity index (χ0n) is 15.5.